The first-order valence-electron chi connectivity index (χ1n) is 12.6. The van der Waals surface area contributed by atoms with E-state index in [9.17, 15) is 9.90 Å². The lowest BCUT2D eigenvalue weighted by atomic mass is 9.96. The molecule has 0 radical (unpaired) electrons. The predicted octanol–water partition coefficient (Wildman–Crippen LogP) is 2.01. The fourth-order valence-corrected chi connectivity index (χ4v) is 5.58. The highest BCUT2D eigenvalue weighted by Crippen LogP contribution is 2.26. The molecular formula is C26H36N6O2. The number of aliphatic hydroxyl groups is 1. The van der Waals surface area contributed by atoms with Gasteiger partial charge in [0.25, 0.3) is 5.91 Å². The van der Waals surface area contributed by atoms with E-state index >= 15 is 0 Å². The smallest absolute Gasteiger partial charge is 0.272 e. The second-order valence-electron chi connectivity index (χ2n) is 10.0. The Balaban J connectivity index is 1.21. The lowest BCUT2D eigenvalue weighted by Crippen LogP contribution is -2.46. The van der Waals surface area contributed by atoms with E-state index in [4.69, 9.17) is 0 Å². The van der Waals surface area contributed by atoms with Gasteiger partial charge in [0.15, 0.2) is 0 Å². The van der Waals surface area contributed by atoms with E-state index in [-0.39, 0.29) is 11.9 Å². The number of nitrogens with one attached hydrogen (secondary N) is 1. The molecule has 34 heavy (non-hydrogen) atoms. The molecule has 2 fully saturated rings. The van der Waals surface area contributed by atoms with Crippen LogP contribution in [0, 0.1) is 0 Å². The van der Waals surface area contributed by atoms with E-state index in [0.717, 1.165) is 51.9 Å². The third-order valence-corrected chi connectivity index (χ3v) is 7.71. The van der Waals surface area contributed by atoms with E-state index in [1.165, 1.54) is 17.5 Å². The number of amides is 1. The van der Waals surface area contributed by atoms with Crippen molar-refractivity contribution < 1.29 is 9.90 Å². The van der Waals surface area contributed by atoms with Gasteiger partial charge in [0.2, 0.25) is 0 Å². The summed E-state index contributed by atoms with van der Waals surface area (Å²) in [6, 6.07) is 10.8. The van der Waals surface area contributed by atoms with Crippen molar-refractivity contribution in [3.05, 3.63) is 53.5 Å². The summed E-state index contributed by atoms with van der Waals surface area (Å²) >= 11 is 0. The van der Waals surface area contributed by atoms with Crippen LogP contribution in [0.3, 0.4) is 0 Å². The van der Waals surface area contributed by atoms with Gasteiger partial charge in [-0.15, -0.1) is 0 Å². The number of carbonyl (C=O) groups excluding carboxylic acids is 1. The summed E-state index contributed by atoms with van der Waals surface area (Å²) in [5, 5.41) is 14.4. The molecule has 0 spiro atoms. The average molecular weight is 465 g/mol. The Morgan fingerprint density at radius 1 is 1.00 bits per heavy atom. The lowest BCUT2D eigenvalue weighted by Gasteiger charge is -2.37. The standard InChI is InChI=1S/C26H36N6O2/c1-30-11-7-21(8-12-30)29-25-16-22(27-18-28-25)26(34)31-14-9-23(24(33)10-15-31)32-13-6-19-4-2-3-5-20(19)17-32/h2-5,16,18,21,23-24,33H,6-15,17H2,1H3,(H,27,28,29)/t23-,24-/m1/s1. The van der Waals surface area contributed by atoms with Gasteiger partial charge in [-0.2, -0.15) is 0 Å². The van der Waals surface area contributed by atoms with E-state index in [0.29, 0.717) is 37.1 Å². The number of carbonyl (C=O) groups is 1. The topological polar surface area (TPSA) is 84.8 Å². The molecule has 2 saturated heterocycles. The lowest BCUT2D eigenvalue weighted by molar-refractivity contribution is 0.0394. The monoisotopic (exact) mass is 464 g/mol. The van der Waals surface area contributed by atoms with Gasteiger partial charge in [-0.1, -0.05) is 24.3 Å². The van der Waals surface area contributed by atoms with Gasteiger partial charge in [-0.3, -0.25) is 9.69 Å². The van der Waals surface area contributed by atoms with Crippen molar-refractivity contribution in [2.24, 2.45) is 0 Å². The van der Waals surface area contributed by atoms with Gasteiger partial charge in [-0.25, -0.2) is 9.97 Å². The third-order valence-electron chi connectivity index (χ3n) is 7.71. The largest absolute Gasteiger partial charge is 0.391 e. The van der Waals surface area contributed by atoms with Crippen LogP contribution in [-0.4, -0.2) is 93.6 Å². The van der Waals surface area contributed by atoms with E-state index < -0.39 is 6.10 Å². The fourth-order valence-electron chi connectivity index (χ4n) is 5.58. The van der Waals surface area contributed by atoms with Crippen LogP contribution >= 0.6 is 0 Å². The zero-order chi connectivity index (χ0) is 23.5. The van der Waals surface area contributed by atoms with E-state index in [1.54, 1.807) is 6.07 Å². The molecule has 8 heteroatoms. The highest BCUT2D eigenvalue weighted by Gasteiger charge is 2.33. The molecular weight excluding hydrogens is 428 g/mol. The van der Waals surface area contributed by atoms with E-state index in [2.05, 4.69) is 56.4 Å². The Labute approximate surface area is 202 Å². The minimum atomic E-state index is -0.435. The van der Waals surface area contributed by atoms with Crippen LogP contribution in [0.5, 0.6) is 0 Å². The molecule has 1 aromatic carbocycles. The number of aromatic nitrogens is 2. The maximum atomic E-state index is 13.3. The minimum Gasteiger partial charge on any atom is -0.391 e. The number of hydrogen-bond acceptors (Lipinski definition) is 7. The van der Waals surface area contributed by atoms with Crippen molar-refractivity contribution in [1.82, 2.24) is 24.7 Å². The van der Waals surface area contributed by atoms with E-state index in [1.807, 2.05) is 4.90 Å². The molecule has 1 amide bonds. The van der Waals surface area contributed by atoms with Crippen molar-refractivity contribution in [1.29, 1.82) is 0 Å². The van der Waals surface area contributed by atoms with Gasteiger partial charge in [-0.05, 0) is 63.4 Å². The maximum absolute atomic E-state index is 13.3. The van der Waals surface area contributed by atoms with Crippen LogP contribution in [0.2, 0.25) is 0 Å². The average Bonchev–Trinajstić information content (AvgIpc) is 3.06. The van der Waals surface area contributed by atoms with Gasteiger partial charge in [0.1, 0.15) is 17.8 Å². The first-order chi connectivity index (χ1) is 16.6. The predicted molar refractivity (Wildman–Crippen MR) is 132 cm³/mol. The molecule has 2 N–H and O–H groups in total. The van der Waals surface area contributed by atoms with Crippen LogP contribution in [-0.2, 0) is 13.0 Å². The molecule has 5 rings (SSSR count). The van der Waals surface area contributed by atoms with Crippen LogP contribution in [0.25, 0.3) is 0 Å². The highest BCUT2D eigenvalue weighted by atomic mass is 16.3. The van der Waals surface area contributed by atoms with Gasteiger partial charge in [0, 0.05) is 44.3 Å². The Morgan fingerprint density at radius 3 is 2.59 bits per heavy atom. The fraction of sp³-hybridized carbons (Fsp3) is 0.577. The Bertz CT molecular complexity index is 993. The van der Waals surface area contributed by atoms with Crippen LogP contribution in [0.1, 0.15) is 47.3 Å². The third kappa shape index (κ3) is 5.24. The number of nitrogens with zero attached hydrogens (tertiary/aromatic N) is 5. The van der Waals surface area contributed by atoms with Crippen molar-refractivity contribution in [2.75, 3.05) is 45.1 Å². The van der Waals surface area contributed by atoms with Crippen LogP contribution < -0.4 is 5.32 Å². The summed E-state index contributed by atoms with van der Waals surface area (Å²) in [5.74, 6) is 0.637. The normalized spacial score (nSPS) is 24.9. The Hall–Kier alpha value is -2.55. The quantitative estimate of drug-likeness (QED) is 0.716. The second kappa shape index (κ2) is 10.4. The number of aliphatic hydroxyl groups excluding tert-OH is 1. The number of hydrogen-bond donors (Lipinski definition) is 2. The molecule has 0 unspecified atom stereocenters. The first kappa shape index (κ1) is 23.2. The number of piperidine rings is 1. The molecule has 0 aliphatic carbocycles. The van der Waals surface area contributed by atoms with Crippen LogP contribution in [0.4, 0.5) is 5.82 Å². The Morgan fingerprint density at radius 2 is 1.76 bits per heavy atom. The molecule has 0 bridgehead atoms. The number of benzene rings is 1. The van der Waals surface area contributed by atoms with Crippen molar-refractivity contribution in [3.63, 3.8) is 0 Å². The summed E-state index contributed by atoms with van der Waals surface area (Å²) in [4.78, 5) is 28.5. The van der Waals surface area contributed by atoms with Crippen molar-refractivity contribution in [2.45, 2.75) is 56.8 Å². The van der Waals surface area contributed by atoms with Crippen LogP contribution in [0.15, 0.2) is 36.7 Å². The van der Waals surface area contributed by atoms with Gasteiger partial charge in [0.05, 0.1) is 6.10 Å². The zero-order valence-corrected chi connectivity index (χ0v) is 20.1. The number of likely N-dealkylation sites (tertiary alicyclic amines) is 2. The molecule has 4 heterocycles. The molecule has 3 aliphatic heterocycles. The summed E-state index contributed by atoms with van der Waals surface area (Å²) in [6.07, 6.45) is 5.53. The molecule has 2 aromatic rings. The summed E-state index contributed by atoms with van der Waals surface area (Å²) in [7, 11) is 2.14. The van der Waals surface area contributed by atoms with Crippen molar-refractivity contribution >= 4 is 11.7 Å². The molecule has 0 saturated carbocycles. The first-order valence-corrected chi connectivity index (χ1v) is 12.6. The number of rotatable bonds is 4. The second-order valence-corrected chi connectivity index (χ2v) is 10.0. The molecule has 182 valence electrons. The highest BCUT2D eigenvalue weighted by molar-refractivity contribution is 5.92. The SMILES string of the molecule is CN1CCC(Nc2cc(C(=O)N3CC[C@@H](O)[C@H](N4CCc5ccccc5C4)CC3)ncn2)CC1. The summed E-state index contributed by atoms with van der Waals surface area (Å²) in [6.45, 7) is 5.11. The molecule has 2 atom stereocenters. The number of fused-ring (bicyclic) bond motifs is 1. The molecule has 3 aliphatic rings. The van der Waals surface area contributed by atoms with Gasteiger partial charge >= 0.3 is 0 Å². The maximum Gasteiger partial charge on any atom is 0.272 e. The van der Waals surface area contributed by atoms with Crippen molar-refractivity contribution in [3.8, 4) is 0 Å². The molecule has 8 nitrogen and oxygen atoms in total. The number of anilines is 1. The van der Waals surface area contributed by atoms with Gasteiger partial charge < -0.3 is 20.2 Å². The Kier molecular flexibility index (Phi) is 7.08. The minimum absolute atomic E-state index is 0.0678. The summed E-state index contributed by atoms with van der Waals surface area (Å²) < 4.78 is 0. The summed E-state index contributed by atoms with van der Waals surface area (Å²) in [5.41, 5.74) is 3.18. The molecule has 1 aromatic heterocycles. The zero-order valence-electron chi connectivity index (χ0n) is 20.1.